The lowest BCUT2D eigenvalue weighted by Crippen LogP contribution is -2.31. The average molecular weight is 283 g/mol. The minimum Gasteiger partial charge on any atom is -0.355 e. The van der Waals surface area contributed by atoms with Crippen molar-refractivity contribution >= 4 is 24.3 Å². The Labute approximate surface area is 121 Å². The number of ketones is 1. The average Bonchev–Trinajstić information content (AvgIpc) is 2.38. The van der Waals surface area contributed by atoms with E-state index in [-0.39, 0.29) is 18.2 Å². The molecule has 0 spiro atoms. The van der Waals surface area contributed by atoms with Crippen LogP contribution in [0.2, 0.25) is 0 Å². The van der Waals surface area contributed by atoms with Gasteiger partial charge in [0.1, 0.15) is 0 Å². The molecule has 0 aromatic carbocycles. The number of rotatable bonds is 10. The number of carbonyl (C=O) groups is 2. The summed E-state index contributed by atoms with van der Waals surface area (Å²) in [6.45, 7) is 3.90. The van der Waals surface area contributed by atoms with Gasteiger partial charge in [-0.25, -0.2) is 0 Å². The molecule has 4 heteroatoms. The van der Waals surface area contributed by atoms with Gasteiger partial charge in [-0.1, -0.05) is 26.2 Å². The monoisotopic (exact) mass is 283 g/mol. The first-order valence-electron chi connectivity index (χ1n) is 6.92. The molecule has 0 saturated heterocycles. The van der Waals surface area contributed by atoms with Crippen molar-refractivity contribution in [2.75, 3.05) is 6.54 Å². The molecule has 0 aliphatic heterocycles. The lowest BCUT2D eigenvalue weighted by atomic mass is 10.1. The van der Waals surface area contributed by atoms with Crippen LogP contribution in [-0.4, -0.2) is 23.5 Å². The van der Waals surface area contributed by atoms with Crippen LogP contribution < -0.4 is 5.32 Å². The van der Waals surface area contributed by atoms with Crippen LogP contribution in [0.5, 0.6) is 0 Å². The number of carbonyl (C=O) groups excluding carboxylic acids is 2. The summed E-state index contributed by atoms with van der Waals surface area (Å²) in [7, 11) is 0. The van der Waals surface area contributed by atoms with Gasteiger partial charge in [0.05, 0.1) is 5.25 Å². The molecule has 1 amide bonds. The standard InChI is InChI=1S/C15H25NO2S/c1-3-4-5-6-7-8-9-10-11-14(18)15(19)12-16-13(2)17/h8,10,15,19H,3-7,11-12H2,1-2H3,(H,16,17)/t9?,15-/m0/s1. The Bertz CT molecular complexity index is 333. The van der Waals surface area contributed by atoms with Gasteiger partial charge in [0.25, 0.3) is 0 Å². The number of nitrogens with one attached hydrogen (secondary N) is 1. The first-order valence-corrected chi connectivity index (χ1v) is 7.44. The topological polar surface area (TPSA) is 46.2 Å². The van der Waals surface area contributed by atoms with E-state index in [1.165, 1.54) is 32.6 Å². The molecule has 1 N–H and O–H groups in total. The number of thiol groups is 1. The Morgan fingerprint density at radius 2 is 2.00 bits per heavy atom. The third kappa shape index (κ3) is 11.8. The molecule has 0 aliphatic carbocycles. The van der Waals surface area contributed by atoms with Gasteiger partial charge >= 0.3 is 0 Å². The highest BCUT2D eigenvalue weighted by atomic mass is 32.1. The van der Waals surface area contributed by atoms with Crippen molar-refractivity contribution in [3.63, 3.8) is 0 Å². The lowest BCUT2D eigenvalue weighted by Gasteiger charge is -2.07. The second kappa shape index (κ2) is 12.1. The zero-order chi connectivity index (χ0) is 14.5. The smallest absolute Gasteiger partial charge is 0.216 e. The molecule has 3 nitrogen and oxygen atoms in total. The van der Waals surface area contributed by atoms with Crippen molar-refractivity contribution in [1.29, 1.82) is 0 Å². The van der Waals surface area contributed by atoms with E-state index in [1.54, 1.807) is 6.08 Å². The summed E-state index contributed by atoms with van der Waals surface area (Å²) in [4.78, 5) is 22.3. The van der Waals surface area contributed by atoms with Crippen LogP contribution in [0.1, 0.15) is 52.4 Å². The Morgan fingerprint density at radius 1 is 1.26 bits per heavy atom. The normalized spacial score (nSPS) is 11.3. The van der Waals surface area contributed by atoms with Crippen LogP contribution in [0.4, 0.5) is 0 Å². The maximum atomic E-state index is 11.6. The zero-order valence-electron chi connectivity index (χ0n) is 11.9. The second-order valence-corrected chi connectivity index (χ2v) is 5.17. The fourth-order valence-electron chi connectivity index (χ4n) is 1.49. The number of allylic oxidation sites excluding steroid dienone is 1. The SMILES string of the molecule is CCCCCCC=C=CCC(=O)[C@@H](S)CNC(C)=O. The van der Waals surface area contributed by atoms with E-state index in [0.717, 1.165) is 6.42 Å². The number of Topliss-reactive ketones (excluding diaryl/α,β-unsaturated/α-hetero) is 1. The molecular weight excluding hydrogens is 258 g/mol. The third-order valence-electron chi connectivity index (χ3n) is 2.66. The van der Waals surface area contributed by atoms with Gasteiger partial charge in [-0.15, -0.1) is 5.73 Å². The van der Waals surface area contributed by atoms with Crippen molar-refractivity contribution in [2.24, 2.45) is 0 Å². The Hall–Kier alpha value is -0.990. The Balaban J connectivity index is 3.75. The van der Waals surface area contributed by atoms with E-state index in [0.29, 0.717) is 6.42 Å². The molecule has 0 aliphatic rings. The fourth-order valence-corrected chi connectivity index (χ4v) is 1.69. The largest absolute Gasteiger partial charge is 0.355 e. The molecule has 0 aromatic heterocycles. The van der Waals surface area contributed by atoms with Gasteiger partial charge in [-0.2, -0.15) is 12.6 Å². The van der Waals surface area contributed by atoms with Gasteiger partial charge in [0, 0.05) is 19.9 Å². The number of unbranched alkanes of at least 4 members (excludes halogenated alkanes) is 4. The van der Waals surface area contributed by atoms with Gasteiger partial charge in [0.15, 0.2) is 5.78 Å². The molecule has 108 valence electrons. The lowest BCUT2D eigenvalue weighted by molar-refractivity contribution is -0.119. The molecule has 0 rings (SSSR count). The maximum absolute atomic E-state index is 11.6. The van der Waals surface area contributed by atoms with Crippen LogP contribution in [0.25, 0.3) is 0 Å². The first-order chi connectivity index (χ1) is 9.07. The minimum absolute atomic E-state index is 0.00367. The van der Waals surface area contributed by atoms with E-state index >= 15 is 0 Å². The molecule has 0 aromatic rings. The third-order valence-corrected chi connectivity index (χ3v) is 3.13. The number of amides is 1. The van der Waals surface area contributed by atoms with E-state index in [4.69, 9.17) is 0 Å². The first kappa shape index (κ1) is 18.0. The van der Waals surface area contributed by atoms with Crippen LogP contribution in [-0.2, 0) is 9.59 Å². The molecule has 0 fully saturated rings. The van der Waals surface area contributed by atoms with E-state index in [2.05, 4.69) is 30.6 Å². The van der Waals surface area contributed by atoms with Gasteiger partial charge in [-0.3, -0.25) is 9.59 Å². The van der Waals surface area contributed by atoms with Crippen molar-refractivity contribution < 1.29 is 9.59 Å². The minimum atomic E-state index is -0.438. The Kier molecular flexibility index (Phi) is 11.4. The maximum Gasteiger partial charge on any atom is 0.216 e. The zero-order valence-corrected chi connectivity index (χ0v) is 12.8. The van der Waals surface area contributed by atoms with E-state index in [9.17, 15) is 9.59 Å². The van der Waals surface area contributed by atoms with Crippen molar-refractivity contribution in [3.05, 3.63) is 17.9 Å². The highest BCUT2D eigenvalue weighted by molar-refractivity contribution is 7.81. The van der Waals surface area contributed by atoms with Crippen LogP contribution >= 0.6 is 12.6 Å². The summed E-state index contributed by atoms with van der Waals surface area (Å²) in [6.07, 6.45) is 10.00. The summed E-state index contributed by atoms with van der Waals surface area (Å²) in [5, 5.41) is 2.14. The highest BCUT2D eigenvalue weighted by Crippen LogP contribution is 2.03. The molecule has 1 atom stereocenters. The molecule has 19 heavy (non-hydrogen) atoms. The summed E-state index contributed by atoms with van der Waals surface area (Å²) in [5.41, 5.74) is 3.02. The number of hydrogen-bond donors (Lipinski definition) is 2. The number of hydrogen-bond acceptors (Lipinski definition) is 3. The highest BCUT2D eigenvalue weighted by Gasteiger charge is 2.12. The molecular formula is C15H25NO2S. The predicted octanol–water partition coefficient (Wildman–Crippen LogP) is 3.06. The van der Waals surface area contributed by atoms with Crippen LogP contribution in [0.15, 0.2) is 17.9 Å². The summed E-state index contributed by atoms with van der Waals surface area (Å²) in [5.74, 6) is -0.140. The van der Waals surface area contributed by atoms with Crippen molar-refractivity contribution in [1.82, 2.24) is 5.32 Å². The van der Waals surface area contributed by atoms with Crippen molar-refractivity contribution in [2.45, 2.75) is 57.6 Å². The summed E-state index contributed by atoms with van der Waals surface area (Å²) < 4.78 is 0. The molecule has 0 saturated carbocycles. The van der Waals surface area contributed by atoms with E-state index in [1.807, 2.05) is 6.08 Å². The summed E-state index contributed by atoms with van der Waals surface area (Å²) >= 11 is 4.16. The molecule has 0 heterocycles. The van der Waals surface area contributed by atoms with Crippen molar-refractivity contribution in [3.8, 4) is 0 Å². The Morgan fingerprint density at radius 3 is 2.63 bits per heavy atom. The predicted molar refractivity (Wildman–Crippen MR) is 82.5 cm³/mol. The molecule has 0 unspecified atom stereocenters. The molecule has 0 radical (unpaired) electrons. The molecule has 0 bridgehead atoms. The van der Waals surface area contributed by atoms with Gasteiger partial charge in [-0.05, 0) is 25.0 Å². The second-order valence-electron chi connectivity index (χ2n) is 4.55. The summed E-state index contributed by atoms with van der Waals surface area (Å²) in [6, 6.07) is 0. The fraction of sp³-hybridized carbons (Fsp3) is 0.667. The quantitative estimate of drug-likeness (QED) is 0.368. The van der Waals surface area contributed by atoms with Crippen LogP contribution in [0.3, 0.4) is 0 Å². The van der Waals surface area contributed by atoms with Gasteiger partial charge < -0.3 is 5.32 Å². The van der Waals surface area contributed by atoms with Crippen LogP contribution in [0, 0.1) is 0 Å². The van der Waals surface area contributed by atoms with Gasteiger partial charge in [0.2, 0.25) is 5.91 Å². The van der Waals surface area contributed by atoms with E-state index < -0.39 is 5.25 Å².